The van der Waals surface area contributed by atoms with Gasteiger partial charge in [-0.25, -0.2) is 0 Å². The summed E-state index contributed by atoms with van der Waals surface area (Å²) in [4.78, 5) is 26.0. The van der Waals surface area contributed by atoms with E-state index in [1.807, 2.05) is 43.8 Å². The Bertz CT molecular complexity index is 802. The quantitative estimate of drug-likeness (QED) is 0.726. The summed E-state index contributed by atoms with van der Waals surface area (Å²) in [5.74, 6) is 1.65. The van der Waals surface area contributed by atoms with E-state index in [1.165, 1.54) is 37.3 Å². The zero-order chi connectivity index (χ0) is 23.5. The Hall–Kier alpha value is -2.67. The molecule has 2 aliphatic rings. The van der Waals surface area contributed by atoms with E-state index in [4.69, 9.17) is 0 Å². The maximum Gasteiger partial charge on any atom is 0.219 e. The van der Waals surface area contributed by atoms with E-state index in [1.54, 1.807) is 6.92 Å². The van der Waals surface area contributed by atoms with Gasteiger partial charge in [0.1, 0.15) is 0 Å². The number of nitrogens with zero attached hydrogens (tertiary/aromatic N) is 5. The van der Waals surface area contributed by atoms with Crippen molar-refractivity contribution in [3.63, 3.8) is 0 Å². The topological polar surface area (TPSA) is 64.6 Å². The van der Waals surface area contributed by atoms with Gasteiger partial charge >= 0.3 is 0 Å². The molecule has 2 aromatic heterocycles. The molecule has 0 aliphatic carbocycles. The summed E-state index contributed by atoms with van der Waals surface area (Å²) < 4.78 is 0. The Morgan fingerprint density at radius 1 is 0.879 bits per heavy atom. The summed E-state index contributed by atoms with van der Waals surface area (Å²) in [6.07, 6.45) is 12.3. The summed E-state index contributed by atoms with van der Waals surface area (Å²) in [7, 11) is 3.92. The summed E-state index contributed by atoms with van der Waals surface area (Å²) in [6.45, 7) is 8.17. The lowest BCUT2D eigenvalue weighted by Gasteiger charge is -2.35. The van der Waals surface area contributed by atoms with Gasteiger partial charge in [-0.1, -0.05) is 0 Å². The largest absolute Gasteiger partial charge is 0.371 e. The van der Waals surface area contributed by atoms with Crippen molar-refractivity contribution in [1.29, 1.82) is 0 Å². The van der Waals surface area contributed by atoms with Crippen molar-refractivity contribution >= 4 is 17.3 Å². The van der Waals surface area contributed by atoms with E-state index >= 15 is 0 Å². The van der Waals surface area contributed by atoms with Gasteiger partial charge in [0.25, 0.3) is 0 Å². The molecular weight excluding hydrogens is 412 g/mol. The highest BCUT2D eigenvalue weighted by Gasteiger charge is 2.21. The molecule has 2 saturated heterocycles. The molecule has 4 rings (SSSR count). The molecule has 0 saturated carbocycles. The zero-order valence-electron chi connectivity index (χ0n) is 20.5. The normalized spacial score (nSPS) is 17.3. The molecule has 7 heteroatoms. The van der Waals surface area contributed by atoms with Crippen molar-refractivity contribution in [1.82, 2.24) is 20.2 Å². The monoisotopic (exact) mass is 452 g/mol. The van der Waals surface area contributed by atoms with Crippen LogP contribution < -0.4 is 15.1 Å². The lowest BCUT2D eigenvalue weighted by atomic mass is 9.96. The number of piperidine rings is 2. The Kier molecular flexibility index (Phi) is 9.94. The predicted octanol–water partition coefficient (Wildman–Crippen LogP) is 3.29. The van der Waals surface area contributed by atoms with Crippen molar-refractivity contribution in [2.45, 2.75) is 32.6 Å². The number of hydrogen-bond acceptors (Lipinski definition) is 6. The molecule has 0 spiro atoms. The molecule has 33 heavy (non-hydrogen) atoms. The molecule has 180 valence electrons. The van der Waals surface area contributed by atoms with Gasteiger partial charge in [0.15, 0.2) is 0 Å². The maximum absolute atomic E-state index is 11.2. The highest BCUT2D eigenvalue weighted by Crippen LogP contribution is 2.23. The average molecular weight is 453 g/mol. The van der Waals surface area contributed by atoms with Crippen LogP contribution in [-0.2, 0) is 4.79 Å². The Balaban J connectivity index is 0.000000189. The van der Waals surface area contributed by atoms with Gasteiger partial charge in [0.2, 0.25) is 5.91 Å². The van der Waals surface area contributed by atoms with E-state index in [0.717, 1.165) is 44.9 Å². The standard InChI is InChI=1S/C14H21N3O.C12H19N3/c1-12(18)16(2)11-13-5-9-17(10-6-13)14-3-7-15-8-4-14;1-13-10-11-4-8-15(9-5-11)12-2-6-14-7-3-12/h3-4,7-8,13H,5-6,9-11H2,1-2H3;2-3,6-7,11,13H,4-5,8-10H2,1H3. The smallest absolute Gasteiger partial charge is 0.219 e. The first-order valence-corrected chi connectivity index (χ1v) is 12.2. The Morgan fingerprint density at radius 3 is 1.70 bits per heavy atom. The average Bonchev–Trinajstić information content (AvgIpc) is 2.86. The molecule has 7 nitrogen and oxygen atoms in total. The summed E-state index contributed by atoms with van der Waals surface area (Å²) in [5, 5.41) is 3.26. The number of nitrogens with one attached hydrogen (secondary N) is 1. The third-order valence-corrected chi connectivity index (χ3v) is 6.85. The van der Waals surface area contributed by atoms with E-state index in [0.29, 0.717) is 5.92 Å². The second-order valence-electron chi connectivity index (χ2n) is 9.23. The number of amides is 1. The first-order chi connectivity index (χ1) is 16.1. The highest BCUT2D eigenvalue weighted by atomic mass is 16.2. The fourth-order valence-corrected chi connectivity index (χ4v) is 4.68. The van der Waals surface area contributed by atoms with Crippen LogP contribution in [0.4, 0.5) is 11.4 Å². The van der Waals surface area contributed by atoms with Crippen LogP contribution in [0, 0.1) is 11.8 Å². The van der Waals surface area contributed by atoms with Crippen LogP contribution in [0.1, 0.15) is 32.6 Å². The van der Waals surface area contributed by atoms with Crippen LogP contribution in [0.2, 0.25) is 0 Å². The SMILES string of the molecule is CC(=O)N(C)CC1CCN(c2ccncc2)CC1.CNCC1CCN(c2ccncc2)CC1. The number of hydrogen-bond donors (Lipinski definition) is 1. The summed E-state index contributed by atoms with van der Waals surface area (Å²) in [6, 6.07) is 8.31. The molecule has 4 heterocycles. The van der Waals surface area contributed by atoms with E-state index in [2.05, 4.69) is 49.4 Å². The van der Waals surface area contributed by atoms with Crippen molar-refractivity contribution in [2.75, 3.05) is 63.2 Å². The molecule has 1 N–H and O–H groups in total. The summed E-state index contributed by atoms with van der Waals surface area (Å²) in [5.41, 5.74) is 2.57. The van der Waals surface area contributed by atoms with E-state index < -0.39 is 0 Å². The van der Waals surface area contributed by atoms with Gasteiger partial charge in [-0.3, -0.25) is 14.8 Å². The van der Waals surface area contributed by atoms with Gasteiger partial charge < -0.3 is 20.0 Å². The van der Waals surface area contributed by atoms with E-state index in [9.17, 15) is 4.79 Å². The first kappa shape index (κ1) is 25.0. The third-order valence-electron chi connectivity index (χ3n) is 6.85. The lowest BCUT2D eigenvalue weighted by molar-refractivity contribution is -0.128. The minimum atomic E-state index is 0.159. The fourth-order valence-electron chi connectivity index (χ4n) is 4.68. The van der Waals surface area contributed by atoms with Crippen LogP contribution in [0.25, 0.3) is 0 Å². The summed E-state index contributed by atoms with van der Waals surface area (Å²) >= 11 is 0. The van der Waals surface area contributed by atoms with Gasteiger partial charge in [-0.05, 0) is 75.4 Å². The molecule has 0 unspecified atom stereocenters. The highest BCUT2D eigenvalue weighted by molar-refractivity contribution is 5.72. The van der Waals surface area contributed by atoms with Crippen molar-refractivity contribution in [2.24, 2.45) is 11.8 Å². The predicted molar refractivity (Wildman–Crippen MR) is 136 cm³/mol. The van der Waals surface area contributed by atoms with Crippen LogP contribution in [0.3, 0.4) is 0 Å². The number of rotatable bonds is 6. The number of carbonyl (C=O) groups excluding carboxylic acids is 1. The van der Waals surface area contributed by atoms with E-state index in [-0.39, 0.29) is 5.91 Å². The van der Waals surface area contributed by atoms with Gasteiger partial charge in [-0.2, -0.15) is 0 Å². The molecule has 2 aliphatic heterocycles. The molecule has 2 aromatic rings. The van der Waals surface area contributed by atoms with Crippen LogP contribution in [-0.4, -0.2) is 74.1 Å². The molecular formula is C26H40N6O. The van der Waals surface area contributed by atoms with Crippen molar-refractivity contribution in [3.8, 4) is 0 Å². The third kappa shape index (κ3) is 8.00. The number of aromatic nitrogens is 2. The second kappa shape index (κ2) is 13.1. The molecule has 0 atom stereocenters. The maximum atomic E-state index is 11.2. The zero-order valence-corrected chi connectivity index (χ0v) is 20.5. The number of pyridine rings is 2. The molecule has 0 radical (unpaired) electrons. The number of anilines is 2. The molecule has 0 bridgehead atoms. The Labute approximate surface area is 199 Å². The van der Waals surface area contributed by atoms with Crippen LogP contribution in [0.15, 0.2) is 49.1 Å². The minimum absolute atomic E-state index is 0.159. The van der Waals surface area contributed by atoms with Gasteiger partial charge in [0.05, 0.1) is 0 Å². The first-order valence-electron chi connectivity index (χ1n) is 12.2. The molecule has 2 fully saturated rings. The Morgan fingerprint density at radius 2 is 1.30 bits per heavy atom. The number of carbonyl (C=O) groups is 1. The molecule has 0 aromatic carbocycles. The van der Waals surface area contributed by atoms with Crippen molar-refractivity contribution < 1.29 is 4.79 Å². The molecule has 1 amide bonds. The van der Waals surface area contributed by atoms with Crippen LogP contribution in [0.5, 0.6) is 0 Å². The minimum Gasteiger partial charge on any atom is -0.371 e. The van der Waals surface area contributed by atoms with Gasteiger partial charge in [-0.15, -0.1) is 0 Å². The van der Waals surface area contributed by atoms with Gasteiger partial charge in [0, 0.05) is 82.9 Å². The fraction of sp³-hybridized carbons (Fsp3) is 0.577. The van der Waals surface area contributed by atoms with Crippen LogP contribution >= 0.6 is 0 Å². The lowest BCUT2D eigenvalue weighted by Crippen LogP contribution is -2.38. The second-order valence-corrected chi connectivity index (χ2v) is 9.23. The van der Waals surface area contributed by atoms with Crippen molar-refractivity contribution in [3.05, 3.63) is 49.1 Å².